The van der Waals surface area contributed by atoms with Crippen molar-refractivity contribution < 1.29 is 14.1 Å². The molecule has 0 unspecified atom stereocenters. The molecule has 1 aliphatic rings. The number of carbonyl (C=O) groups excluding carboxylic acids is 2. The Balaban J connectivity index is 1.64. The van der Waals surface area contributed by atoms with E-state index in [9.17, 15) is 9.59 Å². The summed E-state index contributed by atoms with van der Waals surface area (Å²) in [5.74, 6) is -0.336. The van der Waals surface area contributed by atoms with Crippen molar-refractivity contribution in [2.75, 3.05) is 19.6 Å². The molecular formula is C21H23N5O3. The summed E-state index contributed by atoms with van der Waals surface area (Å²) in [4.78, 5) is 27.1. The van der Waals surface area contributed by atoms with Crippen LogP contribution in [-0.4, -0.2) is 51.3 Å². The van der Waals surface area contributed by atoms with Crippen LogP contribution >= 0.6 is 0 Å². The second-order valence-corrected chi connectivity index (χ2v) is 7.04. The lowest BCUT2D eigenvalue weighted by atomic mass is 9.92. The zero-order chi connectivity index (χ0) is 20.2. The molecule has 1 saturated heterocycles. The summed E-state index contributed by atoms with van der Waals surface area (Å²) >= 11 is 0. The lowest BCUT2D eigenvalue weighted by Gasteiger charge is -2.31. The van der Waals surface area contributed by atoms with Gasteiger partial charge in [0.2, 0.25) is 0 Å². The van der Waals surface area contributed by atoms with Crippen LogP contribution in [0.3, 0.4) is 0 Å². The largest absolute Gasteiger partial charge is 0.364 e. The maximum absolute atomic E-state index is 12.7. The fourth-order valence-corrected chi connectivity index (χ4v) is 3.70. The number of para-hydroxylation sites is 1. The van der Waals surface area contributed by atoms with Gasteiger partial charge < -0.3 is 14.7 Å². The van der Waals surface area contributed by atoms with Gasteiger partial charge in [0.25, 0.3) is 11.8 Å². The van der Waals surface area contributed by atoms with Crippen molar-refractivity contribution in [1.29, 1.82) is 0 Å². The molecule has 2 amide bonds. The highest BCUT2D eigenvalue weighted by atomic mass is 16.5. The standard InChI is InChI=1S/C21H23N5O3/c1-2-22-20(27)17-14-26(16-8-4-3-5-9-16)23-19(17)15-7-6-11-25(13-15)21(28)18-10-12-29-24-18/h3-5,8-10,12,14-15H,2,6-7,11,13H2,1H3,(H,22,27)/t15-/m1/s1. The van der Waals surface area contributed by atoms with E-state index in [1.165, 1.54) is 6.26 Å². The predicted molar refractivity (Wildman–Crippen MR) is 106 cm³/mol. The summed E-state index contributed by atoms with van der Waals surface area (Å²) in [6.45, 7) is 3.57. The number of nitrogens with zero attached hydrogens (tertiary/aromatic N) is 4. The summed E-state index contributed by atoms with van der Waals surface area (Å²) in [7, 11) is 0. The van der Waals surface area contributed by atoms with Gasteiger partial charge in [0.05, 0.1) is 16.9 Å². The van der Waals surface area contributed by atoms with Crippen molar-refractivity contribution in [3.8, 4) is 5.69 Å². The fraction of sp³-hybridized carbons (Fsp3) is 0.333. The van der Waals surface area contributed by atoms with Crippen molar-refractivity contribution in [1.82, 2.24) is 25.2 Å². The van der Waals surface area contributed by atoms with Crippen LogP contribution in [0.4, 0.5) is 0 Å². The Labute approximate surface area is 168 Å². The summed E-state index contributed by atoms with van der Waals surface area (Å²) in [6.07, 6.45) is 4.86. The molecule has 0 radical (unpaired) electrons. The van der Waals surface area contributed by atoms with Gasteiger partial charge in [0.1, 0.15) is 6.26 Å². The number of piperidine rings is 1. The second-order valence-electron chi connectivity index (χ2n) is 7.04. The molecule has 29 heavy (non-hydrogen) atoms. The van der Waals surface area contributed by atoms with E-state index < -0.39 is 0 Å². The molecule has 3 heterocycles. The van der Waals surface area contributed by atoms with Gasteiger partial charge in [-0.25, -0.2) is 4.68 Å². The van der Waals surface area contributed by atoms with E-state index in [1.54, 1.807) is 21.8 Å². The van der Waals surface area contributed by atoms with Crippen molar-refractivity contribution >= 4 is 11.8 Å². The van der Waals surface area contributed by atoms with Crippen LogP contribution in [0.1, 0.15) is 52.2 Å². The van der Waals surface area contributed by atoms with Crippen LogP contribution in [0.25, 0.3) is 5.69 Å². The average Bonchev–Trinajstić information content (AvgIpc) is 3.44. The number of likely N-dealkylation sites (tertiary alicyclic amines) is 1. The van der Waals surface area contributed by atoms with E-state index in [4.69, 9.17) is 9.62 Å². The first kappa shape index (κ1) is 18.9. The second kappa shape index (κ2) is 8.30. The number of nitrogens with one attached hydrogen (secondary N) is 1. The van der Waals surface area contributed by atoms with Gasteiger partial charge in [-0.3, -0.25) is 9.59 Å². The maximum Gasteiger partial charge on any atom is 0.276 e. The molecule has 1 aliphatic heterocycles. The van der Waals surface area contributed by atoms with Crippen molar-refractivity contribution in [2.45, 2.75) is 25.7 Å². The highest BCUT2D eigenvalue weighted by molar-refractivity contribution is 5.95. The minimum Gasteiger partial charge on any atom is -0.364 e. The van der Waals surface area contributed by atoms with E-state index in [1.807, 2.05) is 37.3 Å². The number of hydrogen-bond acceptors (Lipinski definition) is 5. The van der Waals surface area contributed by atoms with Crippen molar-refractivity contribution in [2.24, 2.45) is 0 Å². The van der Waals surface area contributed by atoms with E-state index in [-0.39, 0.29) is 17.7 Å². The molecule has 4 rings (SSSR count). The van der Waals surface area contributed by atoms with Crippen LogP contribution < -0.4 is 5.32 Å². The molecule has 0 spiro atoms. The number of aromatic nitrogens is 3. The third kappa shape index (κ3) is 3.91. The quantitative estimate of drug-likeness (QED) is 0.719. The van der Waals surface area contributed by atoms with Crippen LogP contribution in [0.5, 0.6) is 0 Å². The molecule has 0 bridgehead atoms. The Bertz CT molecular complexity index is 981. The Hall–Kier alpha value is -3.42. The summed E-state index contributed by atoms with van der Waals surface area (Å²) in [6, 6.07) is 11.3. The van der Waals surface area contributed by atoms with Gasteiger partial charge in [-0.05, 0) is 31.9 Å². The molecule has 3 aromatic rings. The normalized spacial score (nSPS) is 16.6. The Morgan fingerprint density at radius 1 is 1.24 bits per heavy atom. The zero-order valence-electron chi connectivity index (χ0n) is 16.2. The molecule has 0 aliphatic carbocycles. The van der Waals surface area contributed by atoms with Gasteiger partial charge >= 0.3 is 0 Å². The van der Waals surface area contributed by atoms with Crippen molar-refractivity contribution in [3.63, 3.8) is 0 Å². The summed E-state index contributed by atoms with van der Waals surface area (Å²) in [5, 5.41) is 11.4. The monoisotopic (exact) mass is 393 g/mol. The van der Waals surface area contributed by atoms with Gasteiger partial charge in [-0.1, -0.05) is 23.4 Å². The van der Waals surface area contributed by atoms with E-state index in [2.05, 4.69) is 10.5 Å². The third-order valence-electron chi connectivity index (χ3n) is 5.10. The molecule has 1 fully saturated rings. The SMILES string of the molecule is CCNC(=O)c1cn(-c2ccccc2)nc1[C@@H]1CCCN(C(=O)c2ccon2)C1. The van der Waals surface area contributed by atoms with Gasteiger partial charge in [0, 0.05) is 37.8 Å². The van der Waals surface area contributed by atoms with Gasteiger partial charge in [-0.2, -0.15) is 5.10 Å². The van der Waals surface area contributed by atoms with E-state index in [0.29, 0.717) is 30.9 Å². The predicted octanol–water partition coefficient (Wildman–Crippen LogP) is 2.63. The smallest absolute Gasteiger partial charge is 0.276 e. The third-order valence-corrected chi connectivity index (χ3v) is 5.10. The maximum atomic E-state index is 12.7. The number of hydrogen-bond donors (Lipinski definition) is 1. The molecule has 150 valence electrons. The number of rotatable bonds is 5. The molecule has 0 saturated carbocycles. The Morgan fingerprint density at radius 2 is 2.07 bits per heavy atom. The number of benzene rings is 1. The summed E-state index contributed by atoms with van der Waals surface area (Å²) in [5.41, 5.74) is 2.45. The lowest BCUT2D eigenvalue weighted by Crippen LogP contribution is -2.40. The van der Waals surface area contributed by atoms with Gasteiger partial charge in [-0.15, -0.1) is 0 Å². The number of amides is 2. The number of carbonyl (C=O) groups is 2. The highest BCUT2D eigenvalue weighted by Gasteiger charge is 2.31. The first-order valence-corrected chi connectivity index (χ1v) is 9.80. The molecule has 8 heteroatoms. The fourth-order valence-electron chi connectivity index (χ4n) is 3.70. The lowest BCUT2D eigenvalue weighted by molar-refractivity contribution is 0.0695. The van der Waals surface area contributed by atoms with Gasteiger partial charge in [0.15, 0.2) is 5.69 Å². The molecule has 1 N–H and O–H groups in total. The van der Waals surface area contributed by atoms with Crippen LogP contribution in [0.2, 0.25) is 0 Å². The first-order chi connectivity index (χ1) is 14.2. The van der Waals surface area contributed by atoms with Crippen LogP contribution in [-0.2, 0) is 0 Å². The van der Waals surface area contributed by atoms with Crippen molar-refractivity contribution in [3.05, 3.63) is 65.8 Å². The van der Waals surface area contributed by atoms with E-state index in [0.717, 1.165) is 24.2 Å². The van der Waals surface area contributed by atoms with E-state index >= 15 is 0 Å². The molecule has 2 aromatic heterocycles. The minimum atomic E-state index is -0.162. The Kier molecular flexibility index (Phi) is 5.41. The Morgan fingerprint density at radius 3 is 2.79 bits per heavy atom. The molecule has 1 atom stereocenters. The molecular weight excluding hydrogens is 370 g/mol. The van der Waals surface area contributed by atoms with Crippen LogP contribution in [0.15, 0.2) is 53.4 Å². The first-order valence-electron chi connectivity index (χ1n) is 9.80. The zero-order valence-corrected chi connectivity index (χ0v) is 16.2. The molecule has 1 aromatic carbocycles. The molecule has 8 nitrogen and oxygen atoms in total. The topological polar surface area (TPSA) is 93.3 Å². The minimum absolute atomic E-state index is 0.0258. The summed E-state index contributed by atoms with van der Waals surface area (Å²) < 4.78 is 6.54. The highest BCUT2D eigenvalue weighted by Crippen LogP contribution is 2.30. The average molecular weight is 393 g/mol. The van der Waals surface area contributed by atoms with Crippen LogP contribution in [0, 0.1) is 0 Å².